The van der Waals surface area contributed by atoms with Gasteiger partial charge in [0.1, 0.15) is 16.9 Å². The Labute approximate surface area is 154 Å². The van der Waals surface area contributed by atoms with Crippen LogP contribution in [0.15, 0.2) is 54.6 Å². The van der Waals surface area contributed by atoms with Crippen LogP contribution >= 0.6 is 11.3 Å². The summed E-state index contributed by atoms with van der Waals surface area (Å²) in [5.74, 6) is -0.206. The summed E-state index contributed by atoms with van der Waals surface area (Å²) < 4.78 is 13.0. The number of anilines is 2. The van der Waals surface area contributed by atoms with Crippen LogP contribution in [0.5, 0.6) is 0 Å². The van der Waals surface area contributed by atoms with Gasteiger partial charge in [-0.1, -0.05) is 41.7 Å². The fourth-order valence-electron chi connectivity index (χ4n) is 2.99. The second-order valence-corrected chi connectivity index (χ2v) is 7.18. The fraction of sp³-hybridized carbons (Fsp3) is 0.211. The molecule has 1 N–H and O–H groups in total. The van der Waals surface area contributed by atoms with Gasteiger partial charge < -0.3 is 10.2 Å². The molecule has 26 heavy (non-hydrogen) atoms. The Bertz CT molecular complexity index is 897. The molecule has 1 amide bonds. The van der Waals surface area contributed by atoms with Gasteiger partial charge in [-0.15, -0.1) is 10.2 Å². The number of carbonyl (C=O) groups excluding carboxylic acids is 1. The highest BCUT2D eigenvalue weighted by Crippen LogP contribution is 2.25. The fourth-order valence-corrected chi connectivity index (χ4v) is 3.81. The lowest BCUT2D eigenvalue weighted by Crippen LogP contribution is -2.33. The van der Waals surface area contributed by atoms with Gasteiger partial charge in [0, 0.05) is 18.7 Å². The summed E-state index contributed by atoms with van der Waals surface area (Å²) in [6, 6.07) is 15.7. The zero-order valence-electron chi connectivity index (χ0n) is 13.9. The van der Waals surface area contributed by atoms with Crippen LogP contribution in [0.25, 0.3) is 0 Å². The largest absolute Gasteiger partial charge is 0.348 e. The molecule has 2 aromatic carbocycles. The predicted molar refractivity (Wildman–Crippen MR) is 99.9 cm³/mol. The van der Waals surface area contributed by atoms with Crippen molar-refractivity contribution in [1.29, 1.82) is 0 Å². The van der Waals surface area contributed by atoms with E-state index in [-0.39, 0.29) is 17.8 Å². The van der Waals surface area contributed by atoms with Gasteiger partial charge >= 0.3 is 0 Å². The molecule has 1 unspecified atom stereocenters. The Morgan fingerprint density at radius 2 is 1.88 bits per heavy atom. The molecule has 5 nitrogen and oxygen atoms in total. The van der Waals surface area contributed by atoms with Crippen molar-refractivity contribution in [3.05, 3.63) is 71.0 Å². The molecule has 1 aliphatic rings. The maximum atomic E-state index is 13.0. The summed E-state index contributed by atoms with van der Waals surface area (Å²) in [5.41, 5.74) is 1.89. The van der Waals surface area contributed by atoms with Crippen LogP contribution in [0, 0.1) is 5.82 Å². The van der Waals surface area contributed by atoms with Crippen LogP contribution in [-0.4, -0.2) is 28.7 Å². The van der Waals surface area contributed by atoms with E-state index in [4.69, 9.17) is 0 Å². The van der Waals surface area contributed by atoms with Crippen molar-refractivity contribution in [3.63, 3.8) is 0 Å². The summed E-state index contributed by atoms with van der Waals surface area (Å²) in [4.78, 5) is 14.4. The van der Waals surface area contributed by atoms with Crippen molar-refractivity contribution < 1.29 is 9.18 Å². The predicted octanol–water partition coefficient (Wildman–Crippen LogP) is 3.49. The number of halogens is 1. The summed E-state index contributed by atoms with van der Waals surface area (Å²) >= 11 is 1.42. The number of rotatable bonds is 5. The van der Waals surface area contributed by atoms with Crippen molar-refractivity contribution in [1.82, 2.24) is 10.2 Å². The molecule has 0 spiro atoms. The van der Waals surface area contributed by atoms with Crippen LogP contribution in [0.4, 0.5) is 15.2 Å². The summed E-state index contributed by atoms with van der Waals surface area (Å²) in [7, 11) is 0. The number of nitrogens with one attached hydrogen (secondary N) is 1. The van der Waals surface area contributed by atoms with E-state index in [1.165, 1.54) is 23.5 Å². The molecular formula is C19H17FN4OS. The molecule has 1 atom stereocenters. The maximum Gasteiger partial charge on any atom is 0.249 e. The standard InChI is InChI=1S/C19H17FN4OS/c20-14-8-6-13(7-9-14)12-17-22-23-19(26-17)21-16-10-11-24(18(16)25)15-4-2-1-3-5-15/h1-9,16H,10-12H2,(H,21,23). The van der Waals surface area contributed by atoms with E-state index >= 15 is 0 Å². The van der Waals surface area contributed by atoms with Crippen molar-refractivity contribution in [2.45, 2.75) is 18.9 Å². The van der Waals surface area contributed by atoms with Gasteiger partial charge in [-0.25, -0.2) is 4.39 Å². The van der Waals surface area contributed by atoms with E-state index < -0.39 is 0 Å². The van der Waals surface area contributed by atoms with Gasteiger partial charge in [-0.3, -0.25) is 4.79 Å². The van der Waals surface area contributed by atoms with E-state index in [1.807, 2.05) is 30.3 Å². The number of carbonyl (C=O) groups is 1. The minimum atomic E-state index is -0.290. The number of hydrogen-bond donors (Lipinski definition) is 1. The molecule has 3 aromatic rings. The second-order valence-electron chi connectivity index (χ2n) is 6.12. The molecule has 2 heterocycles. The van der Waals surface area contributed by atoms with Gasteiger partial charge in [0.25, 0.3) is 0 Å². The number of hydrogen-bond acceptors (Lipinski definition) is 5. The average Bonchev–Trinajstić information content (AvgIpc) is 3.25. The number of aromatic nitrogens is 2. The maximum absolute atomic E-state index is 13.0. The van der Waals surface area contributed by atoms with Crippen molar-refractivity contribution in [2.75, 3.05) is 16.8 Å². The smallest absolute Gasteiger partial charge is 0.249 e. The Morgan fingerprint density at radius 1 is 1.12 bits per heavy atom. The van der Waals surface area contributed by atoms with Crippen molar-refractivity contribution >= 4 is 28.1 Å². The molecule has 0 radical (unpaired) electrons. The van der Waals surface area contributed by atoms with Crippen LogP contribution in [-0.2, 0) is 11.2 Å². The van der Waals surface area contributed by atoms with E-state index in [0.29, 0.717) is 18.1 Å². The minimum absolute atomic E-state index is 0.0477. The molecule has 4 rings (SSSR count). The molecule has 7 heteroatoms. The normalized spacial score (nSPS) is 16.9. The number of para-hydroxylation sites is 1. The lowest BCUT2D eigenvalue weighted by molar-refractivity contribution is -0.117. The van der Waals surface area contributed by atoms with E-state index in [2.05, 4.69) is 15.5 Å². The zero-order valence-corrected chi connectivity index (χ0v) is 14.7. The first-order valence-corrected chi connectivity index (χ1v) is 9.20. The first-order valence-electron chi connectivity index (χ1n) is 8.39. The Morgan fingerprint density at radius 3 is 2.65 bits per heavy atom. The Hall–Kier alpha value is -2.80. The first-order chi connectivity index (χ1) is 12.7. The highest BCUT2D eigenvalue weighted by Gasteiger charge is 2.33. The quantitative estimate of drug-likeness (QED) is 0.749. The van der Waals surface area contributed by atoms with Crippen molar-refractivity contribution in [2.24, 2.45) is 0 Å². The molecule has 0 bridgehead atoms. The summed E-state index contributed by atoms with van der Waals surface area (Å²) in [5, 5.41) is 13.0. The van der Waals surface area contributed by atoms with Crippen LogP contribution < -0.4 is 10.2 Å². The second kappa shape index (κ2) is 7.21. The Balaban J connectivity index is 1.40. The van der Waals surface area contributed by atoms with Crippen LogP contribution in [0.1, 0.15) is 17.0 Å². The van der Waals surface area contributed by atoms with Crippen LogP contribution in [0.3, 0.4) is 0 Å². The third kappa shape index (κ3) is 3.57. The summed E-state index contributed by atoms with van der Waals surface area (Å²) in [6.07, 6.45) is 1.31. The molecule has 1 saturated heterocycles. The van der Waals surface area contributed by atoms with Gasteiger partial charge in [-0.05, 0) is 36.2 Å². The molecule has 0 aliphatic carbocycles. The topological polar surface area (TPSA) is 58.1 Å². The SMILES string of the molecule is O=C1C(Nc2nnc(Cc3ccc(F)cc3)s2)CCN1c1ccccc1. The molecule has 132 valence electrons. The zero-order chi connectivity index (χ0) is 17.9. The molecule has 0 saturated carbocycles. The molecule has 1 aromatic heterocycles. The van der Waals surface area contributed by atoms with E-state index in [0.717, 1.165) is 22.7 Å². The van der Waals surface area contributed by atoms with Crippen molar-refractivity contribution in [3.8, 4) is 0 Å². The highest BCUT2D eigenvalue weighted by molar-refractivity contribution is 7.15. The third-order valence-electron chi connectivity index (χ3n) is 4.31. The monoisotopic (exact) mass is 368 g/mol. The van der Waals surface area contributed by atoms with Gasteiger partial charge in [0.2, 0.25) is 11.0 Å². The molecule has 1 aliphatic heterocycles. The highest BCUT2D eigenvalue weighted by atomic mass is 32.1. The first kappa shape index (κ1) is 16.7. The lowest BCUT2D eigenvalue weighted by Gasteiger charge is -2.16. The molecular weight excluding hydrogens is 351 g/mol. The number of benzene rings is 2. The van der Waals surface area contributed by atoms with E-state index in [1.54, 1.807) is 17.0 Å². The number of amides is 1. The average molecular weight is 368 g/mol. The lowest BCUT2D eigenvalue weighted by atomic mass is 10.2. The van der Waals surface area contributed by atoms with E-state index in [9.17, 15) is 9.18 Å². The van der Waals surface area contributed by atoms with Crippen LogP contribution in [0.2, 0.25) is 0 Å². The molecule has 1 fully saturated rings. The van der Waals surface area contributed by atoms with Gasteiger partial charge in [-0.2, -0.15) is 0 Å². The third-order valence-corrected chi connectivity index (χ3v) is 5.16. The Kier molecular flexibility index (Phi) is 4.62. The minimum Gasteiger partial charge on any atom is -0.348 e. The van der Waals surface area contributed by atoms with Gasteiger partial charge in [0.05, 0.1) is 0 Å². The number of nitrogens with zero attached hydrogens (tertiary/aromatic N) is 3. The van der Waals surface area contributed by atoms with Gasteiger partial charge in [0.15, 0.2) is 0 Å². The summed E-state index contributed by atoms with van der Waals surface area (Å²) in [6.45, 7) is 0.682.